The minimum absolute atomic E-state index is 0.326. The van der Waals surface area contributed by atoms with E-state index in [1.54, 1.807) is 6.92 Å². The largest absolute Gasteiger partial charge is 0.303 e. The van der Waals surface area contributed by atoms with Crippen LogP contribution in [0.1, 0.15) is 64.4 Å². The summed E-state index contributed by atoms with van der Waals surface area (Å²) in [6, 6.07) is 0. The Morgan fingerprint density at radius 3 is 2.38 bits per heavy atom. The van der Waals surface area contributed by atoms with Gasteiger partial charge < -0.3 is 9.69 Å². The van der Waals surface area contributed by atoms with E-state index in [4.69, 9.17) is 0 Å². The summed E-state index contributed by atoms with van der Waals surface area (Å²) in [5.41, 5.74) is 1.30. The predicted molar refractivity (Wildman–Crippen MR) is 87.5 cm³/mol. The van der Waals surface area contributed by atoms with Crippen molar-refractivity contribution in [2.75, 3.05) is 19.6 Å². The number of aromatic nitrogens is 2. The number of carbonyl (C=O) groups excluding carboxylic acids is 1. The number of carbonyl (C=O) groups is 1. The molecule has 0 radical (unpaired) electrons. The number of likely N-dealkylation sites (tertiary alicyclic amines) is 1. The number of nitrogens with zero attached hydrogens (tertiary/aromatic N) is 3. The molecule has 1 aromatic rings. The van der Waals surface area contributed by atoms with Crippen LogP contribution in [0.5, 0.6) is 0 Å². The standard InChI is InChI=1S/C10H19NO.C7H12N2/c1-10(12)6-5-9-11-7-3-2-4-8-11;1-6(2)7-4-8-9(3)5-7/h2-9H2,1H3;4-6H,1-3H3. The van der Waals surface area contributed by atoms with E-state index in [-0.39, 0.29) is 0 Å². The third-order valence-corrected chi connectivity index (χ3v) is 3.84. The molecular weight excluding hydrogens is 262 g/mol. The van der Waals surface area contributed by atoms with E-state index >= 15 is 0 Å². The van der Waals surface area contributed by atoms with Crippen LogP contribution < -0.4 is 0 Å². The van der Waals surface area contributed by atoms with E-state index in [2.05, 4.69) is 23.8 Å². The van der Waals surface area contributed by atoms with Crippen LogP contribution in [-0.2, 0) is 11.8 Å². The molecule has 1 aliphatic heterocycles. The molecular formula is C17H31N3O. The van der Waals surface area contributed by atoms with Crippen LogP contribution in [-0.4, -0.2) is 40.1 Å². The van der Waals surface area contributed by atoms with Gasteiger partial charge in [0.15, 0.2) is 0 Å². The second-order valence-corrected chi connectivity index (χ2v) is 6.31. The molecule has 2 rings (SSSR count). The second kappa shape index (κ2) is 9.72. The summed E-state index contributed by atoms with van der Waals surface area (Å²) >= 11 is 0. The van der Waals surface area contributed by atoms with Gasteiger partial charge in [0, 0.05) is 19.7 Å². The summed E-state index contributed by atoms with van der Waals surface area (Å²) in [7, 11) is 1.94. The van der Waals surface area contributed by atoms with Crippen molar-refractivity contribution >= 4 is 5.78 Å². The van der Waals surface area contributed by atoms with Gasteiger partial charge in [-0.3, -0.25) is 4.68 Å². The molecule has 1 fully saturated rings. The average Bonchev–Trinajstić information content (AvgIpc) is 2.87. The lowest BCUT2D eigenvalue weighted by atomic mass is 10.1. The van der Waals surface area contributed by atoms with Gasteiger partial charge in [-0.25, -0.2) is 0 Å². The average molecular weight is 293 g/mol. The molecule has 0 atom stereocenters. The highest BCUT2D eigenvalue weighted by molar-refractivity contribution is 5.75. The summed E-state index contributed by atoms with van der Waals surface area (Å²) in [5, 5.41) is 4.05. The van der Waals surface area contributed by atoms with E-state index in [0.29, 0.717) is 11.7 Å². The van der Waals surface area contributed by atoms with E-state index in [0.717, 1.165) is 19.4 Å². The molecule has 4 heteroatoms. The first-order chi connectivity index (χ1) is 9.99. The lowest BCUT2D eigenvalue weighted by molar-refractivity contribution is -0.117. The fourth-order valence-electron chi connectivity index (χ4n) is 2.47. The van der Waals surface area contributed by atoms with Gasteiger partial charge in [-0.05, 0) is 57.3 Å². The number of Topliss-reactive ketones (excluding diaryl/α,β-unsaturated/α-hetero) is 1. The Morgan fingerprint density at radius 2 is 1.95 bits per heavy atom. The van der Waals surface area contributed by atoms with Crippen LogP contribution in [0.2, 0.25) is 0 Å². The maximum absolute atomic E-state index is 10.7. The number of hydrogen-bond donors (Lipinski definition) is 0. The Hall–Kier alpha value is -1.16. The van der Waals surface area contributed by atoms with Crippen molar-refractivity contribution in [3.8, 4) is 0 Å². The summed E-state index contributed by atoms with van der Waals surface area (Å²) < 4.78 is 1.83. The molecule has 0 bridgehead atoms. The molecule has 0 amide bonds. The predicted octanol–water partition coefficient (Wildman–Crippen LogP) is 3.39. The Morgan fingerprint density at radius 1 is 1.29 bits per heavy atom. The zero-order valence-corrected chi connectivity index (χ0v) is 14.1. The van der Waals surface area contributed by atoms with Crippen LogP contribution in [0.4, 0.5) is 0 Å². The number of hydrogen-bond acceptors (Lipinski definition) is 3. The first kappa shape index (κ1) is 17.9. The summed E-state index contributed by atoms with van der Waals surface area (Å²) in [6.45, 7) is 9.62. The molecule has 0 spiro atoms. The minimum atomic E-state index is 0.326. The summed E-state index contributed by atoms with van der Waals surface area (Å²) in [4.78, 5) is 13.1. The monoisotopic (exact) mass is 293 g/mol. The van der Waals surface area contributed by atoms with Gasteiger partial charge in [-0.1, -0.05) is 20.3 Å². The van der Waals surface area contributed by atoms with E-state index in [1.165, 1.54) is 37.9 Å². The number of rotatable bonds is 5. The van der Waals surface area contributed by atoms with Gasteiger partial charge in [0.05, 0.1) is 6.20 Å². The summed E-state index contributed by atoms with van der Waals surface area (Å²) in [6.07, 6.45) is 9.85. The van der Waals surface area contributed by atoms with Crippen molar-refractivity contribution in [1.82, 2.24) is 14.7 Å². The van der Waals surface area contributed by atoms with Crippen molar-refractivity contribution in [2.24, 2.45) is 7.05 Å². The number of aryl methyl sites for hydroxylation is 1. The van der Waals surface area contributed by atoms with Crippen molar-refractivity contribution in [2.45, 2.75) is 58.8 Å². The maximum Gasteiger partial charge on any atom is 0.129 e. The van der Waals surface area contributed by atoms with Gasteiger partial charge in [0.2, 0.25) is 0 Å². The Labute approximate surface area is 129 Å². The van der Waals surface area contributed by atoms with Crippen LogP contribution in [0, 0.1) is 0 Å². The van der Waals surface area contributed by atoms with E-state index < -0.39 is 0 Å². The van der Waals surface area contributed by atoms with Crippen molar-refractivity contribution in [3.05, 3.63) is 18.0 Å². The highest BCUT2D eigenvalue weighted by Crippen LogP contribution is 2.11. The molecule has 21 heavy (non-hydrogen) atoms. The fraction of sp³-hybridized carbons (Fsp3) is 0.765. The van der Waals surface area contributed by atoms with Crippen LogP contribution in [0.15, 0.2) is 12.4 Å². The Bertz CT molecular complexity index is 406. The number of piperidine rings is 1. The smallest absolute Gasteiger partial charge is 0.129 e. The molecule has 1 saturated heterocycles. The normalized spacial score (nSPS) is 15.7. The highest BCUT2D eigenvalue weighted by Gasteiger charge is 2.08. The first-order valence-electron chi connectivity index (χ1n) is 8.19. The van der Waals surface area contributed by atoms with Gasteiger partial charge in [0.25, 0.3) is 0 Å². The third kappa shape index (κ3) is 8.00. The Kier molecular flexibility index (Phi) is 8.28. The second-order valence-electron chi connectivity index (χ2n) is 6.31. The zero-order valence-electron chi connectivity index (χ0n) is 14.1. The third-order valence-electron chi connectivity index (χ3n) is 3.84. The van der Waals surface area contributed by atoms with Crippen LogP contribution in [0.3, 0.4) is 0 Å². The molecule has 0 aromatic carbocycles. The number of ketones is 1. The molecule has 0 saturated carbocycles. The van der Waals surface area contributed by atoms with Crippen molar-refractivity contribution in [3.63, 3.8) is 0 Å². The minimum Gasteiger partial charge on any atom is -0.303 e. The van der Waals surface area contributed by atoms with Gasteiger partial charge in [-0.15, -0.1) is 0 Å². The first-order valence-corrected chi connectivity index (χ1v) is 8.19. The molecule has 0 aliphatic carbocycles. The quantitative estimate of drug-likeness (QED) is 0.835. The molecule has 2 heterocycles. The van der Waals surface area contributed by atoms with Crippen molar-refractivity contribution < 1.29 is 4.79 Å². The molecule has 4 nitrogen and oxygen atoms in total. The summed E-state index contributed by atoms with van der Waals surface area (Å²) in [5.74, 6) is 0.922. The van der Waals surface area contributed by atoms with Gasteiger partial charge in [0.1, 0.15) is 5.78 Å². The maximum atomic E-state index is 10.7. The molecule has 1 aromatic heterocycles. The van der Waals surface area contributed by atoms with Crippen LogP contribution >= 0.6 is 0 Å². The van der Waals surface area contributed by atoms with Gasteiger partial charge in [-0.2, -0.15) is 5.10 Å². The van der Waals surface area contributed by atoms with E-state index in [1.807, 2.05) is 24.1 Å². The Balaban J connectivity index is 0.000000219. The van der Waals surface area contributed by atoms with Crippen LogP contribution in [0.25, 0.3) is 0 Å². The molecule has 120 valence electrons. The highest BCUT2D eigenvalue weighted by atomic mass is 16.1. The molecule has 1 aliphatic rings. The van der Waals surface area contributed by atoms with E-state index in [9.17, 15) is 4.79 Å². The molecule has 0 unspecified atom stereocenters. The lowest BCUT2D eigenvalue weighted by Gasteiger charge is -2.25. The topological polar surface area (TPSA) is 38.1 Å². The SMILES string of the molecule is CC(=O)CCCN1CCCCC1.CC(C)c1cnn(C)c1. The fourth-order valence-corrected chi connectivity index (χ4v) is 2.47. The molecule has 0 N–H and O–H groups in total. The van der Waals surface area contributed by atoms with Crippen molar-refractivity contribution in [1.29, 1.82) is 0 Å². The zero-order chi connectivity index (χ0) is 15.7. The van der Waals surface area contributed by atoms with Gasteiger partial charge >= 0.3 is 0 Å². The lowest BCUT2D eigenvalue weighted by Crippen LogP contribution is -2.30.